The Balaban J connectivity index is 1.41. The van der Waals surface area contributed by atoms with Crippen LogP contribution in [0.1, 0.15) is 11.7 Å². The molecule has 26 heavy (non-hydrogen) atoms. The quantitative estimate of drug-likeness (QED) is 0.716. The van der Waals surface area contributed by atoms with Gasteiger partial charge in [-0.25, -0.2) is 4.98 Å². The highest BCUT2D eigenvalue weighted by Gasteiger charge is 2.21. The molecule has 0 spiro atoms. The molecule has 0 bridgehead atoms. The van der Waals surface area contributed by atoms with E-state index in [0.717, 1.165) is 26.2 Å². The summed E-state index contributed by atoms with van der Waals surface area (Å²) in [6.45, 7) is 4.11. The number of rotatable bonds is 5. The summed E-state index contributed by atoms with van der Waals surface area (Å²) in [5, 5.41) is 4.48. The number of nitrogens with zero attached hydrogens (tertiary/aromatic N) is 5. The number of benzene rings is 1. The van der Waals surface area contributed by atoms with Crippen LogP contribution in [0, 0.1) is 0 Å². The van der Waals surface area contributed by atoms with E-state index < -0.39 is 0 Å². The number of aromatic amines is 1. The lowest BCUT2D eigenvalue weighted by molar-refractivity contribution is 0.174. The van der Waals surface area contributed by atoms with E-state index in [0.29, 0.717) is 41.7 Å². The molecule has 4 rings (SSSR count). The highest BCUT2D eigenvalue weighted by Crippen LogP contribution is 2.15. The number of ether oxygens (including phenoxy) is 1. The maximum atomic E-state index is 12.2. The van der Waals surface area contributed by atoms with Gasteiger partial charge in [0.25, 0.3) is 5.56 Å². The van der Waals surface area contributed by atoms with E-state index in [1.807, 2.05) is 18.2 Å². The van der Waals surface area contributed by atoms with Crippen LogP contribution in [-0.4, -0.2) is 58.3 Å². The van der Waals surface area contributed by atoms with Crippen LogP contribution >= 0.6 is 0 Å². The zero-order valence-corrected chi connectivity index (χ0v) is 14.5. The Morgan fingerprint density at radius 1 is 1.19 bits per heavy atom. The molecular weight excluding hydrogens is 336 g/mol. The van der Waals surface area contributed by atoms with Gasteiger partial charge in [0, 0.05) is 33.3 Å². The third-order valence-corrected chi connectivity index (χ3v) is 4.41. The van der Waals surface area contributed by atoms with Gasteiger partial charge in [-0.2, -0.15) is 4.98 Å². The fraction of sp³-hybridized carbons (Fsp3) is 0.412. The molecule has 2 aromatic heterocycles. The van der Waals surface area contributed by atoms with Crippen molar-refractivity contribution in [3.05, 3.63) is 46.3 Å². The maximum absolute atomic E-state index is 12.2. The number of hydrogen-bond acceptors (Lipinski definition) is 8. The smallest absolute Gasteiger partial charge is 0.260 e. The van der Waals surface area contributed by atoms with E-state index in [1.165, 1.54) is 0 Å². The summed E-state index contributed by atoms with van der Waals surface area (Å²) in [6.07, 6.45) is 0. The van der Waals surface area contributed by atoms with Gasteiger partial charge in [0.15, 0.2) is 5.82 Å². The van der Waals surface area contributed by atoms with E-state index in [1.54, 1.807) is 13.2 Å². The average Bonchev–Trinajstić information content (AvgIpc) is 3.10. The number of piperazine rings is 1. The molecule has 3 heterocycles. The summed E-state index contributed by atoms with van der Waals surface area (Å²) >= 11 is 0. The molecule has 1 fully saturated rings. The third kappa shape index (κ3) is 3.44. The van der Waals surface area contributed by atoms with E-state index in [9.17, 15) is 4.79 Å². The molecule has 1 N–H and O–H groups in total. The summed E-state index contributed by atoms with van der Waals surface area (Å²) in [4.78, 5) is 28.3. The van der Waals surface area contributed by atoms with Crippen LogP contribution in [0.2, 0.25) is 0 Å². The Morgan fingerprint density at radius 3 is 2.81 bits per heavy atom. The van der Waals surface area contributed by atoms with Gasteiger partial charge in [0.05, 0.1) is 17.4 Å². The van der Waals surface area contributed by atoms with Crippen LogP contribution in [0.3, 0.4) is 0 Å². The predicted octanol–water partition coefficient (Wildman–Crippen LogP) is 0.775. The number of fused-ring (bicyclic) bond motifs is 1. The van der Waals surface area contributed by atoms with Crippen molar-refractivity contribution < 1.29 is 9.26 Å². The van der Waals surface area contributed by atoms with Crippen molar-refractivity contribution in [3.8, 4) is 0 Å². The zero-order valence-electron chi connectivity index (χ0n) is 14.5. The summed E-state index contributed by atoms with van der Waals surface area (Å²) in [7, 11) is 1.60. The highest BCUT2D eigenvalue weighted by molar-refractivity contribution is 5.78. The number of aromatic nitrogens is 4. The van der Waals surface area contributed by atoms with Crippen LogP contribution < -0.4 is 10.5 Å². The lowest BCUT2D eigenvalue weighted by Crippen LogP contribution is -2.47. The summed E-state index contributed by atoms with van der Waals surface area (Å²) in [5.41, 5.74) is 0.606. The Hall–Kier alpha value is -2.78. The third-order valence-electron chi connectivity index (χ3n) is 4.41. The molecule has 1 aliphatic heterocycles. The van der Waals surface area contributed by atoms with E-state index >= 15 is 0 Å². The van der Waals surface area contributed by atoms with Crippen molar-refractivity contribution in [1.82, 2.24) is 25.0 Å². The molecule has 0 radical (unpaired) electrons. The van der Waals surface area contributed by atoms with Crippen LogP contribution in [0.25, 0.3) is 10.9 Å². The summed E-state index contributed by atoms with van der Waals surface area (Å²) in [5.74, 6) is 1.76. The largest absolute Gasteiger partial charge is 0.377 e. The molecule has 0 saturated carbocycles. The molecule has 136 valence electrons. The minimum Gasteiger partial charge on any atom is -0.377 e. The number of para-hydroxylation sites is 1. The summed E-state index contributed by atoms with van der Waals surface area (Å²) in [6, 6.07) is 7.37. The lowest BCUT2D eigenvalue weighted by Gasteiger charge is -2.34. The van der Waals surface area contributed by atoms with Crippen LogP contribution in [0.4, 0.5) is 5.95 Å². The molecule has 1 saturated heterocycles. The van der Waals surface area contributed by atoms with Gasteiger partial charge in [-0.15, -0.1) is 0 Å². The van der Waals surface area contributed by atoms with Crippen LogP contribution in [-0.2, 0) is 17.9 Å². The van der Waals surface area contributed by atoms with Gasteiger partial charge in [0.1, 0.15) is 6.61 Å². The van der Waals surface area contributed by atoms with Crippen molar-refractivity contribution >= 4 is 16.9 Å². The number of methoxy groups -OCH3 is 1. The molecule has 1 aromatic carbocycles. The molecule has 9 heteroatoms. The van der Waals surface area contributed by atoms with Gasteiger partial charge in [-0.05, 0) is 12.1 Å². The van der Waals surface area contributed by atoms with Gasteiger partial charge in [-0.1, -0.05) is 17.3 Å². The number of H-pyrrole nitrogens is 1. The topological polar surface area (TPSA) is 100 Å². The Morgan fingerprint density at radius 2 is 2.00 bits per heavy atom. The number of anilines is 1. The Labute approximate surface area is 149 Å². The van der Waals surface area contributed by atoms with E-state index in [-0.39, 0.29) is 5.56 Å². The second-order valence-corrected chi connectivity index (χ2v) is 6.21. The van der Waals surface area contributed by atoms with Gasteiger partial charge in [-0.3, -0.25) is 14.7 Å². The molecule has 0 unspecified atom stereocenters. The Kier molecular flexibility index (Phi) is 4.63. The first-order valence-corrected chi connectivity index (χ1v) is 8.49. The van der Waals surface area contributed by atoms with Crippen molar-refractivity contribution in [2.75, 3.05) is 38.2 Å². The second kappa shape index (κ2) is 7.22. The Bertz CT molecular complexity index is 945. The first-order chi connectivity index (χ1) is 12.7. The van der Waals surface area contributed by atoms with Crippen molar-refractivity contribution in [1.29, 1.82) is 0 Å². The first-order valence-electron chi connectivity index (χ1n) is 8.49. The fourth-order valence-electron chi connectivity index (χ4n) is 3.08. The van der Waals surface area contributed by atoms with Crippen LogP contribution in [0.5, 0.6) is 0 Å². The van der Waals surface area contributed by atoms with Crippen LogP contribution in [0.15, 0.2) is 33.6 Å². The number of nitrogens with one attached hydrogen (secondary N) is 1. The molecular formula is C17H20N6O3. The standard InChI is InChI=1S/C17H20N6O3/c1-25-11-14-19-15(26-21-14)10-22-6-8-23(9-7-22)17-18-13-5-3-2-4-12(13)16(24)20-17/h2-5H,6-11H2,1H3,(H,18,20,24). The fourth-order valence-corrected chi connectivity index (χ4v) is 3.08. The molecule has 1 aliphatic rings. The second-order valence-electron chi connectivity index (χ2n) is 6.21. The normalized spacial score (nSPS) is 15.7. The predicted molar refractivity (Wildman–Crippen MR) is 94.9 cm³/mol. The minimum absolute atomic E-state index is 0.107. The summed E-state index contributed by atoms with van der Waals surface area (Å²) < 4.78 is 10.2. The van der Waals surface area contributed by atoms with Gasteiger partial charge < -0.3 is 14.2 Å². The van der Waals surface area contributed by atoms with Gasteiger partial charge in [0.2, 0.25) is 11.8 Å². The maximum Gasteiger partial charge on any atom is 0.260 e. The molecule has 9 nitrogen and oxygen atoms in total. The molecule has 0 atom stereocenters. The number of hydrogen-bond donors (Lipinski definition) is 1. The highest BCUT2D eigenvalue weighted by atomic mass is 16.5. The minimum atomic E-state index is -0.107. The lowest BCUT2D eigenvalue weighted by atomic mass is 10.2. The molecule has 0 aliphatic carbocycles. The van der Waals surface area contributed by atoms with Crippen molar-refractivity contribution in [3.63, 3.8) is 0 Å². The molecule has 3 aromatic rings. The van der Waals surface area contributed by atoms with Gasteiger partial charge >= 0.3 is 0 Å². The van der Waals surface area contributed by atoms with Crippen molar-refractivity contribution in [2.45, 2.75) is 13.2 Å². The SMILES string of the molecule is COCc1noc(CN2CCN(c3nc4ccccc4c(=O)[nH]3)CC2)n1. The van der Waals surface area contributed by atoms with Crippen molar-refractivity contribution in [2.24, 2.45) is 0 Å². The van der Waals surface area contributed by atoms with E-state index in [4.69, 9.17) is 9.26 Å². The zero-order chi connectivity index (χ0) is 17.9. The molecule has 0 amide bonds. The first kappa shape index (κ1) is 16.7. The van der Waals surface area contributed by atoms with E-state index in [2.05, 4.69) is 29.9 Å². The average molecular weight is 356 g/mol. The monoisotopic (exact) mass is 356 g/mol.